The van der Waals surface area contributed by atoms with E-state index in [4.69, 9.17) is 0 Å². The van der Waals surface area contributed by atoms with E-state index in [9.17, 15) is 4.39 Å². The third-order valence-corrected chi connectivity index (χ3v) is 5.45. The molecule has 0 spiro atoms. The highest BCUT2D eigenvalue weighted by atomic mass is 32.1. The number of nitrogens with zero attached hydrogens (tertiary/aromatic N) is 3. The van der Waals surface area contributed by atoms with Crippen molar-refractivity contribution >= 4 is 32.9 Å². The SMILES string of the molecule is C=C(c1cc2cnccc2s1)c1cnc(NCC2(F)CC2)nc1C. The summed E-state index contributed by atoms with van der Waals surface area (Å²) in [7, 11) is 0. The Morgan fingerprint density at radius 1 is 1.42 bits per heavy atom. The van der Waals surface area contributed by atoms with Gasteiger partial charge in [-0.05, 0) is 37.5 Å². The van der Waals surface area contributed by atoms with Crippen molar-refractivity contribution in [3.8, 4) is 0 Å². The lowest BCUT2D eigenvalue weighted by Gasteiger charge is -2.11. The Balaban J connectivity index is 1.57. The van der Waals surface area contributed by atoms with Gasteiger partial charge in [-0.15, -0.1) is 11.3 Å². The molecule has 0 aromatic carbocycles. The zero-order chi connectivity index (χ0) is 16.7. The Morgan fingerprint density at radius 2 is 2.25 bits per heavy atom. The number of nitrogens with one attached hydrogen (secondary N) is 1. The van der Waals surface area contributed by atoms with Crippen LogP contribution in [0.15, 0.2) is 37.3 Å². The third-order valence-electron chi connectivity index (χ3n) is 4.27. The minimum absolute atomic E-state index is 0.274. The number of hydrogen-bond acceptors (Lipinski definition) is 5. The Labute approximate surface area is 143 Å². The van der Waals surface area contributed by atoms with Gasteiger partial charge in [-0.2, -0.15) is 0 Å². The smallest absolute Gasteiger partial charge is 0.222 e. The second kappa shape index (κ2) is 5.63. The van der Waals surface area contributed by atoms with Gasteiger partial charge in [-0.3, -0.25) is 4.98 Å². The van der Waals surface area contributed by atoms with E-state index in [0.717, 1.165) is 27.1 Å². The minimum atomic E-state index is -1.06. The molecule has 0 saturated heterocycles. The molecule has 4 rings (SSSR count). The van der Waals surface area contributed by atoms with Gasteiger partial charge >= 0.3 is 0 Å². The molecule has 4 nitrogen and oxygen atoms in total. The van der Waals surface area contributed by atoms with Gasteiger partial charge in [0.25, 0.3) is 0 Å². The maximum Gasteiger partial charge on any atom is 0.222 e. The summed E-state index contributed by atoms with van der Waals surface area (Å²) in [5, 5.41) is 4.09. The van der Waals surface area contributed by atoms with Crippen LogP contribution in [0.2, 0.25) is 0 Å². The monoisotopic (exact) mass is 340 g/mol. The summed E-state index contributed by atoms with van der Waals surface area (Å²) in [6.07, 6.45) is 6.64. The molecule has 3 aromatic heterocycles. The highest BCUT2D eigenvalue weighted by Gasteiger charge is 2.43. The molecule has 0 bridgehead atoms. The van der Waals surface area contributed by atoms with Crippen LogP contribution in [0.3, 0.4) is 0 Å². The molecule has 1 saturated carbocycles. The molecule has 1 fully saturated rings. The molecule has 3 aromatic rings. The molecule has 1 aliphatic carbocycles. The van der Waals surface area contributed by atoms with Crippen LogP contribution in [0.4, 0.5) is 10.3 Å². The van der Waals surface area contributed by atoms with E-state index >= 15 is 0 Å². The normalized spacial score (nSPS) is 15.4. The minimum Gasteiger partial charge on any atom is -0.351 e. The third kappa shape index (κ3) is 2.89. The summed E-state index contributed by atoms with van der Waals surface area (Å²) >= 11 is 1.67. The van der Waals surface area contributed by atoms with E-state index in [1.165, 1.54) is 4.70 Å². The van der Waals surface area contributed by atoms with Gasteiger partial charge in [-0.1, -0.05) is 6.58 Å². The Morgan fingerprint density at radius 3 is 2.96 bits per heavy atom. The molecule has 0 amide bonds. The molecule has 0 unspecified atom stereocenters. The van der Waals surface area contributed by atoms with E-state index < -0.39 is 5.67 Å². The lowest BCUT2D eigenvalue weighted by molar-refractivity contribution is 0.326. The summed E-state index contributed by atoms with van der Waals surface area (Å²) in [4.78, 5) is 14.0. The Hall–Kier alpha value is -2.34. The van der Waals surface area contributed by atoms with E-state index in [0.29, 0.717) is 18.8 Å². The van der Waals surface area contributed by atoms with Crippen LogP contribution >= 0.6 is 11.3 Å². The Bertz CT molecular complexity index is 897. The van der Waals surface area contributed by atoms with Crippen LogP contribution in [-0.4, -0.2) is 27.2 Å². The Kier molecular flexibility index (Phi) is 3.57. The lowest BCUT2D eigenvalue weighted by atomic mass is 10.1. The number of anilines is 1. The number of thiophene rings is 1. The number of aromatic nitrogens is 3. The fraction of sp³-hybridized carbons (Fsp3) is 0.278. The van der Waals surface area contributed by atoms with E-state index in [-0.39, 0.29) is 6.54 Å². The highest BCUT2D eigenvalue weighted by molar-refractivity contribution is 7.20. The zero-order valence-electron chi connectivity index (χ0n) is 13.3. The average Bonchev–Trinajstić information content (AvgIpc) is 3.16. The molecule has 6 heteroatoms. The predicted molar refractivity (Wildman–Crippen MR) is 96.1 cm³/mol. The maximum absolute atomic E-state index is 13.7. The lowest BCUT2D eigenvalue weighted by Crippen LogP contribution is -2.17. The van der Waals surface area contributed by atoms with E-state index in [1.807, 2.05) is 19.2 Å². The van der Waals surface area contributed by atoms with Crippen molar-refractivity contribution in [2.75, 3.05) is 11.9 Å². The van der Waals surface area contributed by atoms with Gasteiger partial charge in [-0.25, -0.2) is 14.4 Å². The van der Waals surface area contributed by atoms with Gasteiger partial charge in [0, 0.05) is 39.1 Å². The summed E-state index contributed by atoms with van der Waals surface area (Å²) in [5.74, 6) is 0.466. The van der Waals surface area contributed by atoms with Crippen LogP contribution in [0.1, 0.15) is 29.0 Å². The van der Waals surface area contributed by atoms with Crippen LogP contribution in [0.5, 0.6) is 0 Å². The first-order valence-electron chi connectivity index (χ1n) is 7.84. The van der Waals surface area contributed by atoms with E-state index in [2.05, 4.69) is 32.9 Å². The number of aryl methyl sites for hydroxylation is 1. The number of hydrogen-bond donors (Lipinski definition) is 1. The summed E-state index contributed by atoms with van der Waals surface area (Å²) < 4.78 is 14.9. The van der Waals surface area contributed by atoms with E-state index in [1.54, 1.807) is 23.7 Å². The summed E-state index contributed by atoms with van der Waals surface area (Å²) in [6, 6.07) is 4.08. The average molecular weight is 340 g/mol. The van der Waals surface area contributed by atoms with Crippen LogP contribution in [0, 0.1) is 6.92 Å². The summed E-state index contributed by atoms with van der Waals surface area (Å²) in [6.45, 7) is 6.40. The van der Waals surface area contributed by atoms with Crippen LogP contribution in [0.25, 0.3) is 15.7 Å². The van der Waals surface area contributed by atoms with Gasteiger partial charge in [0.2, 0.25) is 5.95 Å². The molecule has 0 atom stereocenters. The van der Waals surface area contributed by atoms with Crippen molar-refractivity contribution in [3.05, 3.63) is 53.4 Å². The standard InChI is InChI=1S/C18H17FN4S/c1-11(16-7-13-8-20-6-3-15(13)24-16)14-9-21-17(23-12(14)2)22-10-18(19)4-5-18/h3,6-9H,1,4-5,10H2,2H3,(H,21,22,23). The molecule has 122 valence electrons. The number of alkyl halides is 1. The molecule has 0 aliphatic heterocycles. The van der Waals surface area contributed by atoms with Gasteiger partial charge < -0.3 is 5.32 Å². The van der Waals surface area contributed by atoms with Crippen LogP contribution in [-0.2, 0) is 0 Å². The summed E-state index contributed by atoms with van der Waals surface area (Å²) in [5.41, 5.74) is 1.56. The molecule has 1 aliphatic rings. The first-order valence-corrected chi connectivity index (χ1v) is 8.65. The molecule has 0 radical (unpaired) electrons. The van der Waals surface area contributed by atoms with Gasteiger partial charge in [0.1, 0.15) is 5.67 Å². The van der Waals surface area contributed by atoms with Crippen molar-refractivity contribution < 1.29 is 4.39 Å². The molecule has 3 heterocycles. The van der Waals surface area contributed by atoms with Crippen LogP contribution < -0.4 is 5.32 Å². The van der Waals surface area contributed by atoms with Crippen molar-refractivity contribution in [1.82, 2.24) is 15.0 Å². The van der Waals surface area contributed by atoms with Crippen molar-refractivity contribution in [1.29, 1.82) is 0 Å². The zero-order valence-corrected chi connectivity index (χ0v) is 14.2. The molecule has 24 heavy (non-hydrogen) atoms. The highest BCUT2D eigenvalue weighted by Crippen LogP contribution is 2.39. The number of rotatable bonds is 5. The van der Waals surface area contributed by atoms with Crippen molar-refractivity contribution in [2.24, 2.45) is 0 Å². The molecule has 1 N–H and O–H groups in total. The van der Waals surface area contributed by atoms with Crippen molar-refractivity contribution in [2.45, 2.75) is 25.4 Å². The second-order valence-electron chi connectivity index (χ2n) is 6.20. The fourth-order valence-electron chi connectivity index (χ4n) is 2.56. The van der Waals surface area contributed by atoms with Crippen molar-refractivity contribution in [3.63, 3.8) is 0 Å². The number of fused-ring (bicyclic) bond motifs is 1. The first kappa shape index (κ1) is 15.2. The number of halogens is 1. The topological polar surface area (TPSA) is 50.7 Å². The molecular formula is C18H17FN4S. The quantitative estimate of drug-likeness (QED) is 0.749. The van der Waals surface area contributed by atoms with Gasteiger partial charge in [0.05, 0.1) is 12.2 Å². The first-order chi connectivity index (χ1) is 11.5. The van der Waals surface area contributed by atoms with Gasteiger partial charge in [0.15, 0.2) is 0 Å². The predicted octanol–water partition coefficient (Wildman–Crippen LogP) is 4.37. The fourth-order valence-corrected chi connectivity index (χ4v) is 3.58. The number of pyridine rings is 1. The largest absolute Gasteiger partial charge is 0.351 e. The maximum atomic E-state index is 13.7. The molecular weight excluding hydrogens is 323 g/mol. The second-order valence-corrected chi connectivity index (χ2v) is 7.28.